The van der Waals surface area contributed by atoms with E-state index in [-0.39, 0.29) is 33.8 Å². The van der Waals surface area contributed by atoms with Crippen molar-refractivity contribution in [2.45, 2.75) is 62.5 Å². The summed E-state index contributed by atoms with van der Waals surface area (Å²) < 4.78 is 11.1. The zero-order chi connectivity index (χ0) is 25.7. The Morgan fingerprint density at radius 2 is 2.19 bits per heavy atom. The van der Waals surface area contributed by atoms with Crippen molar-refractivity contribution in [1.29, 1.82) is 0 Å². The zero-order valence-corrected chi connectivity index (χ0v) is 21.0. The van der Waals surface area contributed by atoms with E-state index in [1.807, 2.05) is 0 Å². The maximum Gasteiger partial charge on any atom is 0.276 e. The number of carbonyl (C=O) groups is 1. The van der Waals surface area contributed by atoms with E-state index in [1.54, 1.807) is 31.7 Å². The summed E-state index contributed by atoms with van der Waals surface area (Å²) in [7, 11) is 1.59. The summed E-state index contributed by atoms with van der Waals surface area (Å²) in [6.07, 6.45) is 14.1. The molecule has 9 nitrogen and oxygen atoms in total. The number of hydrogen-bond donors (Lipinski definition) is 2. The van der Waals surface area contributed by atoms with Gasteiger partial charge in [-0.2, -0.15) is 0 Å². The van der Waals surface area contributed by atoms with Crippen LogP contribution in [0.25, 0.3) is 6.08 Å². The Morgan fingerprint density at radius 1 is 1.35 bits per heavy atom. The van der Waals surface area contributed by atoms with Gasteiger partial charge in [-0.1, -0.05) is 0 Å². The van der Waals surface area contributed by atoms with Crippen LogP contribution in [0.15, 0.2) is 35.2 Å². The number of likely N-dealkylation sites (tertiary alicyclic amines) is 1. The van der Waals surface area contributed by atoms with E-state index in [1.165, 1.54) is 31.4 Å². The van der Waals surface area contributed by atoms with Crippen molar-refractivity contribution in [3.63, 3.8) is 0 Å². The lowest BCUT2D eigenvalue weighted by Crippen LogP contribution is -2.64. The molecule has 1 spiro atoms. The predicted octanol–water partition coefficient (Wildman–Crippen LogP) is 4.18. The van der Waals surface area contributed by atoms with Gasteiger partial charge in [0.05, 0.1) is 23.5 Å². The highest BCUT2D eigenvalue weighted by atomic mass is 16.6. The summed E-state index contributed by atoms with van der Waals surface area (Å²) in [5.74, 6) is 1.72. The van der Waals surface area contributed by atoms with Crippen LogP contribution in [0.4, 0.5) is 5.69 Å². The van der Waals surface area contributed by atoms with E-state index in [0.717, 1.165) is 61.4 Å². The second kappa shape index (κ2) is 9.20. The normalized spacial score (nSPS) is 29.2. The van der Waals surface area contributed by atoms with Gasteiger partial charge in [-0.25, -0.2) is 0 Å². The van der Waals surface area contributed by atoms with Gasteiger partial charge in [0.1, 0.15) is 6.10 Å². The first-order chi connectivity index (χ1) is 17.9. The first kappa shape index (κ1) is 24.0. The van der Waals surface area contributed by atoms with Crippen LogP contribution in [-0.4, -0.2) is 53.1 Å². The molecule has 37 heavy (non-hydrogen) atoms. The molecule has 2 saturated carbocycles. The van der Waals surface area contributed by atoms with Gasteiger partial charge in [0, 0.05) is 47.8 Å². The Kier molecular flexibility index (Phi) is 5.98. The van der Waals surface area contributed by atoms with Gasteiger partial charge in [-0.05, 0) is 75.5 Å². The van der Waals surface area contributed by atoms with Gasteiger partial charge < -0.3 is 19.6 Å². The molecule has 3 fully saturated rings. The molecule has 1 aromatic heterocycles. The number of nitro groups is 1. The predicted molar refractivity (Wildman–Crippen MR) is 136 cm³/mol. The van der Waals surface area contributed by atoms with Crippen molar-refractivity contribution >= 4 is 17.7 Å². The summed E-state index contributed by atoms with van der Waals surface area (Å²) in [5.41, 5.74) is 2.70. The number of carbonyl (C=O) groups excluding carboxylic acids is 1. The number of likely N-dealkylation sites (N-methyl/N-ethyl adjacent to an activating group) is 1. The molecule has 3 heterocycles. The average Bonchev–Trinajstić information content (AvgIpc) is 3.42. The summed E-state index contributed by atoms with van der Waals surface area (Å²) in [6, 6.07) is 3.49. The number of piperidine rings is 1. The molecule has 0 unspecified atom stereocenters. The molecular weight excluding hydrogens is 474 g/mol. The monoisotopic (exact) mass is 507 g/mol. The molecular formula is C28H33N3O6. The number of aromatic hydroxyl groups is 1. The third kappa shape index (κ3) is 4.00. The average molecular weight is 508 g/mol. The molecule has 196 valence electrons. The Bertz CT molecular complexity index is 1240. The number of phenolic OH excluding ortho intramolecular Hbond substituents is 1. The fourth-order valence-corrected chi connectivity index (χ4v) is 7.31. The smallest absolute Gasteiger partial charge is 0.276 e. The van der Waals surface area contributed by atoms with Crippen molar-refractivity contribution < 1.29 is 24.0 Å². The van der Waals surface area contributed by atoms with Gasteiger partial charge in [0.25, 0.3) is 5.69 Å². The summed E-state index contributed by atoms with van der Waals surface area (Å²) in [5, 5.41) is 24.7. The van der Waals surface area contributed by atoms with Crippen LogP contribution in [0.3, 0.4) is 0 Å². The quantitative estimate of drug-likeness (QED) is 0.354. The number of ether oxygens (including phenoxy) is 1. The van der Waals surface area contributed by atoms with E-state index < -0.39 is 0 Å². The molecule has 2 aliphatic heterocycles. The molecule has 2 bridgehead atoms. The molecule has 1 saturated heterocycles. The maximum absolute atomic E-state index is 11.7. The Labute approximate surface area is 215 Å². The molecule has 9 heteroatoms. The minimum Gasteiger partial charge on any atom is -0.504 e. The van der Waals surface area contributed by atoms with Crippen LogP contribution >= 0.6 is 0 Å². The van der Waals surface area contributed by atoms with Crippen LogP contribution in [0.1, 0.15) is 55.2 Å². The van der Waals surface area contributed by atoms with Crippen molar-refractivity contribution in [3.8, 4) is 11.5 Å². The number of amides is 1. The topological polar surface area (TPSA) is 118 Å². The van der Waals surface area contributed by atoms with Crippen molar-refractivity contribution in [1.82, 2.24) is 10.2 Å². The number of furan rings is 1. The van der Waals surface area contributed by atoms with Crippen molar-refractivity contribution in [3.05, 3.63) is 57.5 Å². The number of nitrogens with one attached hydrogen (secondary N) is 1. The molecule has 1 aromatic carbocycles. The van der Waals surface area contributed by atoms with Crippen LogP contribution in [0.2, 0.25) is 0 Å². The van der Waals surface area contributed by atoms with Gasteiger partial charge in [-0.3, -0.25) is 19.8 Å². The lowest BCUT2D eigenvalue weighted by atomic mass is 9.51. The number of benzene rings is 1. The van der Waals surface area contributed by atoms with Crippen molar-refractivity contribution in [2.24, 2.45) is 11.8 Å². The minimum absolute atomic E-state index is 0.0446. The summed E-state index contributed by atoms with van der Waals surface area (Å²) >= 11 is 0. The Hall–Kier alpha value is -3.33. The second-order valence-corrected chi connectivity index (χ2v) is 11.0. The highest BCUT2D eigenvalue weighted by Crippen LogP contribution is 2.65. The molecule has 1 amide bonds. The Morgan fingerprint density at radius 3 is 2.89 bits per heavy atom. The number of rotatable bonds is 5. The zero-order valence-electron chi connectivity index (χ0n) is 21.0. The maximum atomic E-state index is 11.7. The molecule has 5 aliphatic rings. The first-order valence-electron chi connectivity index (χ1n) is 13.3. The highest BCUT2D eigenvalue weighted by molar-refractivity contribution is 5.91. The number of nitrogens with zero attached hydrogens (tertiary/aromatic N) is 2. The van der Waals surface area contributed by atoms with Gasteiger partial charge in [-0.15, -0.1) is 0 Å². The van der Waals surface area contributed by atoms with Gasteiger partial charge in [0.15, 0.2) is 11.5 Å². The lowest BCUT2D eigenvalue weighted by molar-refractivity contribution is -0.385. The lowest BCUT2D eigenvalue weighted by Gasteiger charge is -2.58. The molecule has 2 aromatic rings. The van der Waals surface area contributed by atoms with E-state index in [0.29, 0.717) is 17.7 Å². The third-order valence-corrected chi connectivity index (χ3v) is 9.05. The molecule has 2 N–H and O–H groups in total. The van der Waals surface area contributed by atoms with E-state index in [9.17, 15) is 20.0 Å². The number of nitro benzene ring substituents is 1. The molecule has 7 rings (SSSR count). The SMILES string of the molecule is CNC(=O)/C=C/c1ccoc1.O=[N+]([O-])c1cc(O)c2c3c1C[C@@H]1[C@@H]4CCC[C@H](O2)[C@]34CCN1CC1CC1. The van der Waals surface area contributed by atoms with E-state index >= 15 is 0 Å². The van der Waals surface area contributed by atoms with Gasteiger partial charge in [0.2, 0.25) is 5.91 Å². The van der Waals surface area contributed by atoms with Gasteiger partial charge >= 0.3 is 0 Å². The first-order valence-corrected chi connectivity index (χ1v) is 13.3. The molecule has 3 aliphatic carbocycles. The second-order valence-electron chi connectivity index (χ2n) is 11.0. The van der Waals surface area contributed by atoms with E-state index in [2.05, 4.69) is 10.2 Å². The summed E-state index contributed by atoms with van der Waals surface area (Å²) in [6.45, 7) is 2.21. The standard InChI is InChI=1S/C20H24N2O4.C8H9NO2/c23-16-9-14(22(24)25)12-8-15-13-2-1-3-17-20(13,18(12)19(16)26-17)6-7-21(15)10-11-4-5-11;1-9-8(10)3-2-7-4-5-11-6-7/h9,11,13,15,17,23H,1-8,10H2;2-6H,1H3,(H,9,10)/b;3-2+/t13-,15+,17-,20+;/m0./s1. The minimum atomic E-state index is -0.316. The largest absolute Gasteiger partial charge is 0.504 e. The van der Waals surface area contributed by atoms with E-state index in [4.69, 9.17) is 9.15 Å². The molecule has 0 radical (unpaired) electrons. The van der Waals surface area contributed by atoms with Crippen LogP contribution in [0, 0.1) is 22.0 Å². The molecule has 4 atom stereocenters. The fourth-order valence-electron chi connectivity index (χ4n) is 7.31. The van der Waals surface area contributed by atoms with Crippen LogP contribution in [0.5, 0.6) is 11.5 Å². The number of hydrogen-bond acceptors (Lipinski definition) is 7. The number of phenols is 1. The third-order valence-electron chi connectivity index (χ3n) is 9.05. The Balaban J connectivity index is 0.000000194. The summed E-state index contributed by atoms with van der Waals surface area (Å²) in [4.78, 5) is 24.7. The fraction of sp³-hybridized carbons (Fsp3) is 0.536. The van der Waals surface area contributed by atoms with Crippen LogP contribution < -0.4 is 10.1 Å². The highest BCUT2D eigenvalue weighted by Gasteiger charge is 2.64. The van der Waals surface area contributed by atoms with Crippen LogP contribution in [-0.2, 0) is 16.6 Å². The van der Waals surface area contributed by atoms with Crippen molar-refractivity contribution in [2.75, 3.05) is 20.1 Å².